The first kappa shape index (κ1) is 17.8. The number of aromatic nitrogens is 2. The first-order chi connectivity index (χ1) is 12.1. The zero-order chi connectivity index (χ0) is 17.6. The molecule has 25 heavy (non-hydrogen) atoms. The average molecular weight is 416 g/mol. The number of carbonyl (C=O) groups excluding carboxylic acids is 1. The van der Waals surface area contributed by atoms with Crippen molar-refractivity contribution in [3.63, 3.8) is 0 Å². The molecule has 0 saturated carbocycles. The monoisotopic (exact) mass is 415 g/mol. The molecule has 128 valence electrons. The van der Waals surface area contributed by atoms with Crippen LogP contribution >= 0.6 is 27.7 Å². The zero-order valence-electron chi connectivity index (χ0n) is 13.8. The van der Waals surface area contributed by atoms with Gasteiger partial charge in [-0.1, -0.05) is 42.1 Å². The molecule has 0 unspecified atom stereocenters. The fraction of sp³-hybridized carbons (Fsp3) is 0.158. The molecule has 1 N–H and O–H groups in total. The Morgan fingerprint density at radius 1 is 1.16 bits per heavy atom. The van der Waals surface area contributed by atoms with Crippen LogP contribution in [-0.4, -0.2) is 15.7 Å². The second-order valence-electron chi connectivity index (χ2n) is 5.51. The van der Waals surface area contributed by atoms with E-state index in [-0.39, 0.29) is 5.91 Å². The largest absolute Gasteiger partial charge is 0.325 e. The normalized spacial score (nSPS) is 10.6. The summed E-state index contributed by atoms with van der Waals surface area (Å²) < 4.78 is 2.78. The molecule has 1 aromatic heterocycles. The summed E-state index contributed by atoms with van der Waals surface area (Å²) >= 11 is 5.07. The maximum atomic E-state index is 12.3. The highest BCUT2D eigenvalue weighted by atomic mass is 79.9. The van der Waals surface area contributed by atoms with Gasteiger partial charge in [0.25, 0.3) is 0 Å². The first-order valence-corrected chi connectivity index (χ1v) is 9.54. The molecule has 0 radical (unpaired) electrons. The van der Waals surface area contributed by atoms with E-state index < -0.39 is 0 Å². The van der Waals surface area contributed by atoms with Crippen molar-refractivity contribution in [2.24, 2.45) is 0 Å². The van der Waals surface area contributed by atoms with Crippen LogP contribution in [-0.2, 0) is 11.3 Å². The summed E-state index contributed by atoms with van der Waals surface area (Å²) in [6, 6.07) is 18.0. The zero-order valence-corrected chi connectivity index (χ0v) is 16.2. The van der Waals surface area contributed by atoms with Gasteiger partial charge in [-0.2, -0.15) is 5.10 Å². The molecule has 0 aliphatic carbocycles. The third-order valence-electron chi connectivity index (χ3n) is 3.73. The number of halogens is 1. The molecule has 0 atom stereocenters. The average Bonchev–Trinajstić information content (AvgIpc) is 2.94. The summed E-state index contributed by atoms with van der Waals surface area (Å²) in [7, 11) is 0. The van der Waals surface area contributed by atoms with E-state index in [9.17, 15) is 4.79 Å². The van der Waals surface area contributed by atoms with Crippen molar-refractivity contribution >= 4 is 39.3 Å². The molecular weight excluding hydrogens is 398 g/mol. The molecule has 3 rings (SSSR count). The van der Waals surface area contributed by atoms with Crippen LogP contribution in [0.2, 0.25) is 0 Å². The second-order valence-corrected chi connectivity index (χ2v) is 7.48. The van der Waals surface area contributed by atoms with Crippen molar-refractivity contribution in [1.29, 1.82) is 0 Å². The lowest BCUT2D eigenvalue weighted by molar-refractivity contribution is -0.116. The van der Waals surface area contributed by atoms with E-state index in [1.54, 1.807) is 18.0 Å². The van der Waals surface area contributed by atoms with E-state index in [0.29, 0.717) is 13.0 Å². The number of nitrogens with one attached hydrogen (secondary N) is 1. The predicted octanol–water partition coefficient (Wildman–Crippen LogP) is 5.13. The third-order valence-corrected chi connectivity index (χ3v) is 5.59. The summed E-state index contributed by atoms with van der Waals surface area (Å²) in [4.78, 5) is 14.5. The Labute approximate surface area is 159 Å². The number of para-hydroxylation sites is 1. The standard InChI is InChI=1S/C19H18BrN3OS/c1-14-16(20)13-21-23(14)12-11-19(24)22-17-9-5-6-10-18(17)25-15-7-3-2-4-8-15/h2-10,13H,11-12H2,1H3,(H,22,24). The van der Waals surface area contributed by atoms with Gasteiger partial charge in [-0.3, -0.25) is 9.48 Å². The molecule has 0 bridgehead atoms. The Bertz CT molecular complexity index is 864. The number of aryl methyl sites for hydroxylation is 1. The molecule has 2 aromatic carbocycles. The molecule has 6 heteroatoms. The molecule has 0 aliphatic rings. The summed E-state index contributed by atoms with van der Waals surface area (Å²) in [5.41, 5.74) is 1.85. The van der Waals surface area contributed by atoms with E-state index in [1.807, 2.05) is 54.1 Å². The summed E-state index contributed by atoms with van der Waals surface area (Å²) in [6.07, 6.45) is 2.12. The van der Waals surface area contributed by atoms with Gasteiger partial charge in [0.2, 0.25) is 5.91 Å². The van der Waals surface area contributed by atoms with Gasteiger partial charge in [-0.15, -0.1) is 0 Å². The number of amides is 1. The van der Waals surface area contributed by atoms with Gasteiger partial charge in [0.1, 0.15) is 0 Å². The molecule has 0 fully saturated rings. The number of benzene rings is 2. The van der Waals surface area contributed by atoms with Crippen LogP contribution in [0.1, 0.15) is 12.1 Å². The van der Waals surface area contributed by atoms with Crippen LogP contribution in [0.5, 0.6) is 0 Å². The van der Waals surface area contributed by atoms with E-state index in [1.165, 1.54) is 0 Å². The van der Waals surface area contributed by atoms with Crippen LogP contribution in [0.4, 0.5) is 5.69 Å². The number of nitrogens with zero attached hydrogens (tertiary/aromatic N) is 2. The van der Waals surface area contributed by atoms with Crippen LogP contribution in [0.15, 0.2) is 75.1 Å². The van der Waals surface area contributed by atoms with Gasteiger partial charge < -0.3 is 5.32 Å². The van der Waals surface area contributed by atoms with E-state index in [4.69, 9.17) is 0 Å². The fourth-order valence-electron chi connectivity index (χ4n) is 2.34. The van der Waals surface area contributed by atoms with Crippen molar-refractivity contribution in [2.75, 3.05) is 5.32 Å². The topological polar surface area (TPSA) is 46.9 Å². The molecule has 3 aromatic rings. The minimum Gasteiger partial charge on any atom is -0.325 e. The number of carbonyl (C=O) groups is 1. The lowest BCUT2D eigenvalue weighted by Gasteiger charge is -2.11. The van der Waals surface area contributed by atoms with Gasteiger partial charge in [0, 0.05) is 21.9 Å². The van der Waals surface area contributed by atoms with Gasteiger partial charge in [0.15, 0.2) is 0 Å². The van der Waals surface area contributed by atoms with Crippen LogP contribution in [0, 0.1) is 6.92 Å². The Kier molecular flexibility index (Phi) is 5.94. The highest BCUT2D eigenvalue weighted by molar-refractivity contribution is 9.10. The first-order valence-electron chi connectivity index (χ1n) is 7.93. The number of anilines is 1. The smallest absolute Gasteiger partial charge is 0.226 e. The van der Waals surface area contributed by atoms with E-state index in [2.05, 4.69) is 38.5 Å². The van der Waals surface area contributed by atoms with Crippen molar-refractivity contribution in [2.45, 2.75) is 29.7 Å². The Morgan fingerprint density at radius 3 is 2.60 bits per heavy atom. The Morgan fingerprint density at radius 2 is 1.88 bits per heavy atom. The van der Waals surface area contributed by atoms with Gasteiger partial charge in [0.05, 0.1) is 22.9 Å². The quantitative estimate of drug-likeness (QED) is 0.606. The second kappa shape index (κ2) is 8.36. The van der Waals surface area contributed by atoms with E-state index in [0.717, 1.165) is 25.6 Å². The molecule has 0 aliphatic heterocycles. The van der Waals surface area contributed by atoms with Crippen molar-refractivity contribution in [3.05, 3.63) is 71.0 Å². The van der Waals surface area contributed by atoms with Crippen molar-refractivity contribution < 1.29 is 4.79 Å². The molecule has 0 spiro atoms. The van der Waals surface area contributed by atoms with Crippen LogP contribution < -0.4 is 5.32 Å². The molecule has 1 amide bonds. The Balaban J connectivity index is 1.64. The van der Waals surface area contributed by atoms with E-state index >= 15 is 0 Å². The van der Waals surface area contributed by atoms with Crippen molar-refractivity contribution in [3.8, 4) is 0 Å². The van der Waals surface area contributed by atoms with Crippen LogP contribution in [0.3, 0.4) is 0 Å². The maximum Gasteiger partial charge on any atom is 0.226 e. The molecule has 4 nitrogen and oxygen atoms in total. The highest BCUT2D eigenvalue weighted by Gasteiger charge is 2.10. The molecular formula is C19H18BrN3OS. The Hall–Kier alpha value is -2.05. The van der Waals surface area contributed by atoms with Gasteiger partial charge in [-0.05, 0) is 47.1 Å². The highest BCUT2D eigenvalue weighted by Crippen LogP contribution is 2.33. The van der Waals surface area contributed by atoms with Gasteiger partial charge >= 0.3 is 0 Å². The summed E-state index contributed by atoms with van der Waals surface area (Å²) in [6.45, 7) is 2.53. The summed E-state index contributed by atoms with van der Waals surface area (Å²) in [5.74, 6) is -0.0212. The van der Waals surface area contributed by atoms with Crippen molar-refractivity contribution in [1.82, 2.24) is 9.78 Å². The number of rotatable bonds is 6. The minimum atomic E-state index is -0.0212. The van der Waals surface area contributed by atoms with Gasteiger partial charge in [-0.25, -0.2) is 0 Å². The SMILES string of the molecule is Cc1c(Br)cnn1CCC(=O)Nc1ccccc1Sc1ccccc1. The number of hydrogen-bond acceptors (Lipinski definition) is 3. The lowest BCUT2D eigenvalue weighted by atomic mass is 10.3. The molecule has 1 heterocycles. The fourth-order valence-corrected chi connectivity index (χ4v) is 3.56. The third kappa shape index (κ3) is 4.74. The predicted molar refractivity (Wildman–Crippen MR) is 105 cm³/mol. The summed E-state index contributed by atoms with van der Waals surface area (Å²) in [5, 5.41) is 7.27. The molecule has 0 saturated heterocycles. The number of hydrogen-bond donors (Lipinski definition) is 1. The minimum absolute atomic E-state index is 0.0212. The lowest BCUT2D eigenvalue weighted by Crippen LogP contribution is -2.16. The maximum absolute atomic E-state index is 12.3. The van der Waals surface area contributed by atoms with Crippen LogP contribution in [0.25, 0.3) is 0 Å².